The number of carbonyl (C=O) groups is 3. The molecule has 7 nitrogen and oxygen atoms in total. The minimum atomic E-state index is -0.864. The summed E-state index contributed by atoms with van der Waals surface area (Å²) in [5.74, 6) is -0.0468. The molecule has 0 heterocycles. The smallest absolute Gasteiger partial charge is 0.408 e. The molecule has 1 rings (SSSR count). The van der Waals surface area contributed by atoms with Crippen molar-refractivity contribution >= 4 is 17.9 Å². The van der Waals surface area contributed by atoms with Crippen molar-refractivity contribution in [1.82, 2.24) is 15.5 Å². The Balaban J connectivity index is 3.47. The predicted molar refractivity (Wildman–Crippen MR) is 150 cm³/mol. The highest BCUT2D eigenvalue weighted by atomic mass is 16.6. The lowest BCUT2D eigenvalue weighted by Crippen LogP contribution is -2.54. The Kier molecular flexibility index (Phi) is 13.2. The number of ether oxygens (including phenoxy) is 1. The van der Waals surface area contributed by atoms with Crippen molar-refractivity contribution in [1.29, 1.82) is 0 Å². The maximum atomic E-state index is 14.0. The summed E-state index contributed by atoms with van der Waals surface area (Å²) >= 11 is 0. The van der Waals surface area contributed by atoms with Gasteiger partial charge in [0, 0.05) is 12.6 Å². The number of rotatable bonds is 13. The Hall–Kier alpha value is -2.57. The Morgan fingerprint density at radius 3 is 2.22 bits per heavy atom. The van der Waals surface area contributed by atoms with Gasteiger partial charge in [0.2, 0.25) is 11.8 Å². The van der Waals surface area contributed by atoms with E-state index in [0.717, 1.165) is 48.8 Å². The highest BCUT2D eigenvalue weighted by Gasteiger charge is 2.38. The number of hydrogen-bond donors (Lipinski definition) is 2. The van der Waals surface area contributed by atoms with Gasteiger partial charge in [-0.05, 0) is 84.8 Å². The molecule has 3 unspecified atom stereocenters. The lowest BCUT2D eigenvalue weighted by Gasteiger charge is -2.39. The van der Waals surface area contributed by atoms with Gasteiger partial charge in [0.1, 0.15) is 17.7 Å². The van der Waals surface area contributed by atoms with Crippen LogP contribution in [0.1, 0.15) is 110 Å². The van der Waals surface area contributed by atoms with Crippen LogP contribution in [0.2, 0.25) is 0 Å². The molecular weight excluding hydrogens is 466 g/mol. The molecule has 3 amide bonds. The van der Waals surface area contributed by atoms with Crippen LogP contribution in [-0.2, 0) is 14.3 Å². The van der Waals surface area contributed by atoms with E-state index in [0.29, 0.717) is 12.5 Å². The number of nitrogens with zero attached hydrogens (tertiary/aromatic N) is 1. The second kappa shape index (κ2) is 15.0. The fourth-order valence-electron chi connectivity index (χ4n) is 4.24. The van der Waals surface area contributed by atoms with Crippen LogP contribution in [0.5, 0.6) is 0 Å². The van der Waals surface area contributed by atoms with Crippen molar-refractivity contribution in [3.63, 3.8) is 0 Å². The molecular formula is C30H51N3O4. The molecule has 1 aromatic carbocycles. The van der Waals surface area contributed by atoms with Gasteiger partial charge in [-0.25, -0.2) is 4.79 Å². The monoisotopic (exact) mass is 517 g/mol. The molecule has 0 saturated carbocycles. The number of nitrogens with one attached hydrogen (secondary N) is 2. The van der Waals surface area contributed by atoms with Gasteiger partial charge in [-0.15, -0.1) is 0 Å². The first-order valence-corrected chi connectivity index (χ1v) is 13.8. The molecule has 210 valence electrons. The maximum Gasteiger partial charge on any atom is 0.408 e. The van der Waals surface area contributed by atoms with Crippen molar-refractivity contribution in [2.24, 2.45) is 5.92 Å². The summed E-state index contributed by atoms with van der Waals surface area (Å²) in [6.45, 7) is 19.9. The summed E-state index contributed by atoms with van der Waals surface area (Å²) in [5.41, 5.74) is 2.09. The summed E-state index contributed by atoms with van der Waals surface area (Å²) in [5, 5.41) is 5.77. The van der Waals surface area contributed by atoms with Crippen LogP contribution in [0.3, 0.4) is 0 Å². The second-order valence-electron chi connectivity index (χ2n) is 11.7. The molecule has 0 spiro atoms. The van der Waals surface area contributed by atoms with Gasteiger partial charge in [-0.2, -0.15) is 0 Å². The van der Waals surface area contributed by atoms with Crippen molar-refractivity contribution in [2.45, 2.75) is 125 Å². The zero-order valence-corrected chi connectivity index (χ0v) is 24.9. The van der Waals surface area contributed by atoms with E-state index in [1.807, 2.05) is 39.0 Å². The lowest BCUT2D eigenvalue weighted by molar-refractivity contribution is -0.145. The zero-order chi connectivity index (χ0) is 28.3. The Morgan fingerprint density at radius 1 is 1.00 bits per heavy atom. The lowest BCUT2D eigenvalue weighted by atomic mass is 9.93. The number of alkyl carbamates (subject to hydrolysis) is 1. The van der Waals surface area contributed by atoms with Crippen LogP contribution in [0.25, 0.3) is 0 Å². The molecule has 0 aliphatic carbocycles. The van der Waals surface area contributed by atoms with Crippen LogP contribution < -0.4 is 10.6 Å². The number of benzene rings is 1. The third-order valence-corrected chi connectivity index (χ3v) is 6.33. The van der Waals surface area contributed by atoms with Crippen molar-refractivity contribution in [3.8, 4) is 0 Å². The predicted octanol–water partition coefficient (Wildman–Crippen LogP) is 6.22. The quantitative estimate of drug-likeness (QED) is 0.304. The molecule has 0 bridgehead atoms. The molecule has 0 aliphatic heterocycles. The normalized spacial score (nSPS) is 14.0. The number of amides is 3. The second-order valence-corrected chi connectivity index (χ2v) is 11.7. The highest BCUT2D eigenvalue weighted by molar-refractivity contribution is 5.92. The van der Waals surface area contributed by atoms with Gasteiger partial charge in [0.15, 0.2) is 0 Å². The van der Waals surface area contributed by atoms with E-state index in [-0.39, 0.29) is 17.9 Å². The standard InChI is InChI=1S/C30H51N3O4/c1-11-12-13-18-31-27(34)26(25-19-21(4)15-16-22(25)5)33(23(6)17-14-20(2)3)28(35)24(7)32-29(36)37-30(8,9)10/h15-16,19-20,23-24,26H,11-14,17-18H2,1-10H3,(H,31,34)(H,32,36). The van der Waals surface area contributed by atoms with Crippen molar-refractivity contribution < 1.29 is 19.1 Å². The van der Waals surface area contributed by atoms with Gasteiger partial charge < -0.3 is 20.3 Å². The van der Waals surface area contributed by atoms with E-state index in [4.69, 9.17) is 4.74 Å². The number of unbranched alkanes of at least 4 members (excludes halogenated alkanes) is 2. The molecule has 7 heteroatoms. The zero-order valence-electron chi connectivity index (χ0n) is 24.9. The fourth-order valence-corrected chi connectivity index (χ4v) is 4.24. The molecule has 0 radical (unpaired) electrons. The van der Waals surface area contributed by atoms with Gasteiger partial charge >= 0.3 is 6.09 Å². The van der Waals surface area contributed by atoms with E-state index in [1.54, 1.807) is 32.6 Å². The highest BCUT2D eigenvalue weighted by Crippen LogP contribution is 2.30. The first kappa shape index (κ1) is 32.5. The van der Waals surface area contributed by atoms with Crippen molar-refractivity contribution in [2.75, 3.05) is 6.54 Å². The van der Waals surface area contributed by atoms with E-state index in [1.165, 1.54) is 0 Å². The number of aryl methyl sites for hydroxylation is 2. The molecule has 0 saturated heterocycles. The Labute approximate surface area is 225 Å². The molecule has 37 heavy (non-hydrogen) atoms. The summed E-state index contributed by atoms with van der Waals surface area (Å²) in [4.78, 5) is 41.9. The fraction of sp³-hybridized carbons (Fsp3) is 0.700. The minimum Gasteiger partial charge on any atom is -0.444 e. The van der Waals surface area contributed by atoms with Crippen LogP contribution in [-0.4, -0.2) is 47.0 Å². The SMILES string of the molecule is CCCCCNC(=O)C(c1cc(C)ccc1C)N(C(=O)C(C)NC(=O)OC(C)(C)C)C(C)CCC(C)C. The molecule has 3 atom stereocenters. The average Bonchev–Trinajstić information content (AvgIpc) is 2.78. The average molecular weight is 518 g/mol. The first-order chi connectivity index (χ1) is 17.2. The van der Waals surface area contributed by atoms with Crippen LogP contribution >= 0.6 is 0 Å². The van der Waals surface area contributed by atoms with Crippen molar-refractivity contribution in [3.05, 3.63) is 34.9 Å². The summed E-state index contributed by atoms with van der Waals surface area (Å²) in [7, 11) is 0. The van der Waals surface area contributed by atoms with E-state index in [9.17, 15) is 14.4 Å². The topological polar surface area (TPSA) is 87.7 Å². The summed E-state index contributed by atoms with van der Waals surface area (Å²) in [6, 6.07) is 4.11. The minimum absolute atomic E-state index is 0.195. The maximum absolute atomic E-state index is 14.0. The van der Waals surface area contributed by atoms with Crippen LogP contribution in [0, 0.1) is 19.8 Å². The molecule has 0 aliphatic rings. The summed E-state index contributed by atoms with van der Waals surface area (Å²) in [6.07, 6.45) is 3.97. The van der Waals surface area contributed by atoms with Gasteiger partial charge in [0.05, 0.1) is 0 Å². The third kappa shape index (κ3) is 11.1. The molecule has 0 fully saturated rings. The van der Waals surface area contributed by atoms with Crippen LogP contribution in [0.4, 0.5) is 4.79 Å². The Morgan fingerprint density at radius 2 is 1.65 bits per heavy atom. The van der Waals surface area contributed by atoms with Gasteiger partial charge in [-0.3, -0.25) is 9.59 Å². The number of hydrogen-bond acceptors (Lipinski definition) is 4. The largest absolute Gasteiger partial charge is 0.444 e. The third-order valence-electron chi connectivity index (χ3n) is 6.33. The van der Waals surface area contributed by atoms with Gasteiger partial charge in [0.25, 0.3) is 0 Å². The number of carbonyl (C=O) groups excluding carboxylic acids is 3. The molecule has 0 aromatic heterocycles. The summed E-state index contributed by atoms with van der Waals surface area (Å²) < 4.78 is 5.38. The van der Waals surface area contributed by atoms with Crippen LogP contribution in [0.15, 0.2) is 18.2 Å². The van der Waals surface area contributed by atoms with E-state index in [2.05, 4.69) is 31.4 Å². The molecule has 2 N–H and O–H groups in total. The van der Waals surface area contributed by atoms with Gasteiger partial charge in [-0.1, -0.05) is 57.4 Å². The first-order valence-electron chi connectivity index (χ1n) is 13.8. The molecule has 1 aromatic rings. The van der Waals surface area contributed by atoms with E-state index >= 15 is 0 Å². The Bertz CT molecular complexity index is 891. The van der Waals surface area contributed by atoms with E-state index < -0.39 is 23.8 Å².